The van der Waals surface area contributed by atoms with Gasteiger partial charge in [-0.25, -0.2) is 9.78 Å². The predicted octanol–water partition coefficient (Wildman–Crippen LogP) is 5.71. The quantitative estimate of drug-likeness (QED) is 0.284. The van der Waals surface area contributed by atoms with Crippen LogP contribution in [0.15, 0.2) is 66.9 Å². The summed E-state index contributed by atoms with van der Waals surface area (Å²) in [5, 5.41) is 0.724. The van der Waals surface area contributed by atoms with Crippen molar-refractivity contribution in [1.82, 2.24) is 4.98 Å². The van der Waals surface area contributed by atoms with Crippen LogP contribution in [0.3, 0.4) is 0 Å². The molecule has 1 heterocycles. The summed E-state index contributed by atoms with van der Waals surface area (Å²) < 4.78 is 21.9. The first-order chi connectivity index (χ1) is 15.0. The van der Waals surface area contributed by atoms with E-state index in [0.717, 1.165) is 5.56 Å². The molecule has 162 valence electrons. The van der Waals surface area contributed by atoms with E-state index in [0.29, 0.717) is 34.8 Å². The lowest BCUT2D eigenvalue weighted by atomic mass is 10.2. The SMILES string of the molecule is CC(Oc1ccc(Oc2ncc(Cl)cc2Cl)cc1)C(=O)OCCOCc1ccccc1. The highest BCUT2D eigenvalue weighted by atomic mass is 35.5. The van der Waals surface area contributed by atoms with Crippen LogP contribution in [-0.2, 0) is 20.9 Å². The Morgan fingerprint density at radius 2 is 1.71 bits per heavy atom. The molecular formula is C23H21Cl2NO5. The number of carbonyl (C=O) groups excluding carboxylic acids is 1. The number of benzene rings is 2. The third kappa shape index (κ3) is 7.43. The van der Waals surface area contributed by atoms with Gasteiger partial charge in [-0.05, 0) is 42.8 Å². The van der Waals surface area contributed by atoms with Crippen LogP contribution in [0, 0.1) is 0 Å². The van der Waals surface area contributed by atoms with Gasteiger partial charge in [0.25, 0.3) is 0 Å². The van der Waals surface area contributed by atoms with E-state index < -0.39 is 12.1 Å². The van der Waals surface area contributed by atoms with Gasteiger partial charge >= 0.3 is 5.97 Å². The van der Waals surface area contributed by atoms with E-state index in [1.165, 1.54) is 6.20 Å². The lowest BCUT2D eigenvalue weighted by molar-refractivity contribution is -0.152. The highest BCUT2D eigenvalue weighted by Gasteiger charge is 2.16. The first-order valence-electron chi connectivity index (χ1n) is 9.55. The molecule has 0 spiro atoms. The van der Waals surface area contributed by atoms with Crippen molar-refractivity contribution in [3.8, 4) is 17.4 Å². The molecule has 0 radical (unpaired) electrons. The van der Waals surface area contributed by atoms with Crippen molar-refractivity contribution >= 4 is 29.2 Å². The molecule has 0 aliphatic carbocycles. The molecule has 0 N–H and O–H groups in total. The number of pyridine rings is 1. The van der Waals surface area contributed by atoms with Gasteiger partial charge in [0, 0.05) is 6.20 Å². The van der Waals surface area contributed by atoms with Crippen molar-refractivity contribution in [3.63, 3.8) is 0 Å². The zero-order valence-corrected chi connectivity index (χ0v) is 18.3. The van der Waals surface area contributed by atoms with Crippen molar-refractivity contribution < 1.29 is 23.7 Å². The van der Waals surface area contributed by atoms with Crippen LogP contribution in [0.4, 0.5) is 0 Å². The van der Waals surface area contributed by atoms with Crippen molar-refractivity contribution in [2.75, 3.05) is 13.2 Å². The molecule has 0 fully saturated rings. The Bertz CT molecular complexity index is 983. The molecule has 3 aromatic rings. The van der Waals surface area contributed by atoms with Gasteiger partial charge in [0.05, 0.1) is 18.2 Å². The Morgan fingerprint density at radius 1 is 1.00 bits per heavy atom. The summed E-state index contributed by atoms with van der Waals surface area (Å²) in [5.74, 6) is 0.772. The fourth-order valence-corrected chi connectivity index (χ4v) is 2.93. The molecule has 6 nitrogen and oxygen atoms in total. The van der Waals surface area contributed by atoms with Gasteiger partial charge in [0.1, 0.15) is 23.1 Å². The first kappa shape index (κ1) is 22.9. The summed E-state index contributed by atoms with van der Waals surface area (Å²) in [6.45, 7) is 2.55. The topological polar surface area (TPSA) is 66.9 Å². The minimum absolute atomic E-state index is 0.154. The standard InChI is InChI=1S/C23H21Cl2NO5/c1-16(23(27)29-12-11-28-15-17-5-3-2-4-6-17)30-19-7-9-20(10-8-19)31-22-21(25)13-18(24)14-26-22/h2-10,13-14,16H,11-12,15H2,1H3. The average molecular weight is 462 g/mol. The van der Waals surface area contributed by atoms with E-state index in [9.17, 15) is 4.79 Å². The maximum Gasteiger partial charge on any atom is 0.347 e. The lowest BCUT2D eigenvalue weighted by Crippen LogP contribution is -2.27. The minimum Gasteiger partial charge on any atom is -0.479 e. The first-order valence-corrected chi connectivity index (χ1v) is 10.3. The maximum atomic E-state index is 12.1. The van der Waals surface area contributed by atoms with Crippen LogP contribution in [0.1, 0.15) is 12.5 Å². The van der Waals surface area contributed by atoms with Crippen molar-refractivity contribution in [3.05, 3.63) is 82.5 Å². The number of aromatic nitrogens is 1. The Hall–Kier alpha value is -2.80. The van der Waals surface area contributed by atoms with E-state index in [4.69, 9.17) is 42.1 Å². The fourth-order valence-electron chi connectivity index (χ4n) is 2.51. The van der Waals surface area contributed by atoms with Gasteiger partial charge in [-0.15, -0.1) is 0 Å². The van der Waals surface area contributed by atoms with Gasteiger partial charge in [-0.3, -0.25) is 0 Å². The van der Waals surface area contributed by atoms with Crippen LogP contribution in [0.5, 0.6) is 17.4 Å². The number of ether oxygens (including phenoxy) is 4. The van der Waals surface area contributed by atoms with Crippen LogP contribution in [-0.4, -0.2) is 30.3 Å². The maximum absolute atomic E-state index is 12.1. The molecule has 0 bridgehead atoms. The summed E-state index contributed by atoms with van der Waals surface area (Å²) in [4.78, 5) is 16.1. The van der Waals surface area contributed by atoms with Crippen LogP contribution in [0.25, 0.3) is 0 Å². The minimum atomic E-state index is -0.770. The van der Waals surface area contributed by atoms with Gasteiger partial charge in [0.2, 0.25) is 5.88 Å². The van der Waals surface area contributed by atoms with Gasteiger partial charge in [-0.1, -0.05) is 53.5 Å². The van der Waals surface area contributed by atoms with Crippen molar-refractivity contribution in [2.45, 2.75) is 19.6 Å². The number of halogens is 2. The second-order valence-corrected chi connectivity index (χ2v) is 7.32. The molecule has 1 aromatic heterocycles. The van der Waals surface area contributed by atoms with E-state index >= 15 is 0 Å². The number of carbonyl (C=O) groups is 1. The molecule has 31 heavy (non-hydrogen) atoms. The molecule has 0 amide bonds. The number of hydrogen-bond donors (Lipinski definition) is 0. The zero-order valence-electron chi connectivity index (χ0n) is 16.8. The Labute approximate surface area is 190 Å². The number of esters is 1. The van der Waals surface area contributed by atoms with E-state index in [1.807, 2.05) is 30.3 Å². The fraction of sp³-hybridized carbons (Fsp3) is 0.217. The predicted molar refractivity (Wildman–Crippen MR) is 118 cm³/mol. The summed E-state index contributed by atoms with van der Waals surface area (Å²) in [6, 6.07) is 18.0. The average Bonchev–Trinajstić information content (AvgIpc) is 2.77. The molecule has 1 unspecified atom stereocenters. The molecule has 3 rings (SSSR count). The molecule has 0 aliphatic rings. The Morgan fingerprint density at radius 3 is 2.42 bits per heavy atom. The van der Waals surface area contributed by atoms with Crippen LogP contribution >= 0.6 is 23.2 Å². The zero-order chi connectivity index (χ0) is 22.1. The third-order valence-corrected chi connectivity index (χ3v) is 4.52. The van der Waals surface area contributed by atoms with E-state index in [2.05, 4.69) is 4.98 Å². The second-order valence-electron chi connectivity index (χ2n) is 6.48. The van der Waals surface area contributed by atoms with Crippen LogP contribution < -0.4 is 9.47 Å². The smallest absolute Gasteiger partial charge is 0.347 e. The molecule has 0 saturated heterocycles. The molecular weight excluding hydrogens is 441 g/mol. The van der Waals surface area contributed by atoms with Gasteiger partial charge in [0.15, 0.2) is 6.10 Å². The third-order valence-electron chi connectivity index (χ3n) is 4.04. The summed E-state index contributed by atoms with van der Waals surface area (Å²) in [7, 11) is 0. The highest BCUT2D eigenvalue weighted by molar-refractivity contribution is 6.35. The highest BCUT2D eigenvalue weighted by Crippen LogP contribution is 2.30. The molecule has 0 aliphatic heterocycles. The Kier molecular flexibility index (Phi) is 8.53. The summed E-state index contributed by atoms with van der Waals surface area (Å²) in [5.41, 5.74) is 1.06. The van der Waals surface area contributed by atoms with E-state index in [-0.39, 0.29) is 12.5 Å². The van der Waals surface area contributed by atoms with Crippen molar-refractivity contribution in [1.29, 1.82) is 0 Å². The summed E-state index contributed by atoms with van der Waals surface area (Å²) >= 11 is 11.9. The normalized spacial score (nSPS) is 11.6. The largest absolute Gasteiger partial charge is 0.479 e. The van der Waals surface area contributed by atoms with E-state index in [1.54, 1.807) is 37.3 Å². The monoisotopic (exact) mass is 461 g/mol. The molecule has 8 heteroatoms. The number of rotatable bonds is 10. The number of hydrogen-bond acceptors (Lipinski definition) is 6. The van der Waals surface area contributed by atoms with Crippen LogP contribution in [0.2, 0.25) is 10.0 Å². The van der Waals surface area contributed by atoms with Crippen molar-refractivity contribution in [2.24, 2.45) is 0 Å². The molecule has 1 atom stereocenters. The lowest BCUT2D eigenvalue weighted by Gasteiger charge is -2.14. The Balaban J connectivity index is 1.40. The molecule has 0 saturated carbocycles. The van der Waals surface area contributed by atoms with Gasteiger partial charge in [-0.2, -0.15) is 0 Å². The van der Waals surface area contributed by atoms with Gasteiger partial charge < -0.3 is 18.9 Å². The second kappa shape index (κ2) is 11.6. The number of nitrogens with zero attached hydrogens (tertiary/aromatic N) is 1. The molecule has 2 aromatic carbocycles. The summed E-state index contributed by atoms with van der Waals surface area (Å²) in [6.07, 6.45) is 0.675.